The number of aliphatic hydroxyl groups excluding tert-OH is 1. The molecule has 0 aliphatic rings. The van der Waals surface area contributed by atoms with Crippen LogP contribution in [0.1, 0.15) is 15.9 Å². The molecule has 0 aliphatic heterocycles. The van der Waals surface area contributed by atoms with E-state index in [1.165, 1.54) is 14.3 Å². The van der Waals surface area contributed by atoms with Crippen molar-refractivity contribution in [2.24, 2.45) is 0 Å². The molecule has 0 radical (unpaired) electrons. The van der Waals surface area contributed by atoms with E-state index in [9.17, 15) is 5.11 Å². The fourth-order valence-corrected chi connectivity index (χ4v) is 5.35. The topological polar surface area (TPSA) is 20.2 Å². The molecule has 0 fully saturated rings. The Hall–Kier alpha value is -0.200. The molecule has 3 aromatic heterocycles. The first-order valence-electron chi connectivity index (χ1n) is 5.11. The quantitative estimate of drug-likeness (QED) is 0.703. The van der Waals surface area contributed by atoms with E-state index in [1.807, 2.05) is 11.4 Å². The number of hydrogen-bond donors (Lipinski definition) is 1. The highest BCUT2D eigenvalue weighted by molar-refractivity contribution is 9.10. The van der Waals surface area contributed by atoms with Gasteiger partial charge in [-0.25, -0.2) is 0 Å². The van der Waals surface area contributed by atoms with Crippen LogP contribution >= 0.6 is 49.9 Å². The highest BCUT2D eigenvalue weighted by atomic mass is 79.9. The second-order valence-corrected chi connectivity index (χ2v) is 7.63. The van der Waals surface area contributed by atoms with Gasteiger partial charge in [0.15, 0.2) is 0 Å². The third kappa shape index (κ3) is 2.35. The molecule has 17 heavy (non-hydrogen) atoms. The lowest BCUT2D eigenvalue weighted by molar-refractivity contribution is 0.183. The van der Waals surface area contributed by atoms with Crippen LogP contribution in [0, 0.1) is 0 Å². The van der Waals surface area contributed by atoms with Gasteiger partial charge in [0.1, 0.15) is 0 Å². The summed E-state index contributed by atoms with van der Waals surface area (Å²) in [6.45, 7) is 0. The van der Waals surface area contributed by atoms with Crippen molar-refractivity contribution in [3.8, 4) is 0 Å². The van der Waals surface area contributed by atoms with Crippen LogP contribution in [0.4, 0.5) is 0 Å². The van der Waals surface area contributed by atoms with Crippen LogP contribution < -0.4 is 0 Å². The van der Waals surface area contributed by atoms with E-state index in [4.69, 9.17) is 0 Å². The number of thiophene rings is 3. The molecule has 0 aromatic carbocycles. The van der Waals surface area contributed by atoms with Crippen molar-refractivity contribution in [3.05, 3.63) is 43.2 Å². The first kappa shape index (κ1) is 11.9. The zero-order valence-electron chi connectivity index (χ0n) is 8.72. The molecule has 5 heteroatoms. The Bertz CT molecular complexity index is 608. The molecule has 1 atom stereocenters. The summed E-state index contributed by atoms with van der Waals surface area (Å²) < 4.78 is 3.64. The van der Waals surface area contributed by atoms with Gasteiger partial charge in [0.25, 0.3) is 0 Å². The molecule has 1 nitrogen and oxygen atoms in total. The van der Waals surface area contributed by atoms with Crippen LogP contribution in [0.3, 0.4) is 0 Å². The number of fused-ring (bicyclic) bond motifs is 1. The van der Waals surface area contributed by atoms with E-state index in [-0.39, 0.29) is 0 Å². The highest BCUT2D eigenvalue weighted by Crippen LogP contribution is 2.36. The van der Waals surface area contributed by atoms with Gasteiger partial charge in [-0.15, -0.1) is 34.0 Å². The highest BCUT2D eigenvalue weighted by Gasteiger charge is 2.14. The molecule has 1 N–H and O–H groups in total. The molecule has 1 unspecified atom stereocenters. The summed E-state index contributed by atoms with van der Waals surface area (Å²) in [6.07, 6.45) is 0.293. The average molecular weight is 345 g/mol. The monoisotopic (exact) mass is 344 g/mol. The maximum Gasteiger partial charge on any atom is 0.0931 e. The molecular weight excluding hydrogens is 336 g/mol. The molecule has 0 bridgehead atoms. The van der Waals surface area contributed by atoms with E-state index < -0.39 is 6.10 Å². The average Bonchev–Trinajstić information content (AvgIpc) is 2.93. The molecular formula is C12H9BrOS3. The Labute approximate surface area is 119 Å². The van der Waals surface area contributed by atoms with Gasteiger partial charge >= 0.3 is 0 Å². The second-order valence-electron chi connectivity index (χ2n) is 3.71. The Kier molecular flexibility index (Phi) is 3.36. The third-order valence-corrected chi connectivity index (χ3v) is 6.70. The van der Waals surface area contributed by atoms with Gasteiger partial charge in [-0.3, -0.25) is 0 Å². The van der Waals surface area contributed by atoms with Gasteiger partial charge in [0.2, 0.25) is 0 Å². The summed E-state index contributed by atoms with van der Waals surface area (Å²) in [6, 6.07) is 6.25. The maximum absolute atomic E-state index is 10.2. The Morgan fingerprint density at radius 1 is 1.18 bits per heavy atom. The summed E-state index contributed by atoms with van der Waals surface area (Å²) in [7, 11) is 0. The van der Waals surface area contributed by atoms with Crippen molar-refractivity contribution in [1.82, 2.24) is 0 Å². The number of aliphatic hydroxyl groups is 1. The predicted octanol–water partition coefficient (Wildman–Crippen LogP) is 5.06. The van der Waals surface area contributed by atoms with Crippen molar-refractivity contribution >= 4 is 59.3 Å². The van der Waals surface area contributed by atoms with Gasteiger partial charge in [-0.05, 0) is 44.9 Å². The van der Waals surface area contributed by atoms with Crippen LogP contribution in [-0.4, -0.2) is 5.11 Å². The summed E-state index contributed by atoms with van der Waals surface area (Å²) in [4.78, 5) is 2.27. The van der Waals surface area contributed by atoms with E-state index in [1.54, 1.807) is 34.0 Å². The molecule has 3 rings (SSSR count). The lowest BCUT2D eigenvalue weighted by atomic mass is 10.2. The minimum absolute atomic E-state index is 0.394. The van der Waals surface area contributed by atoms with E-state index in [0.29, 0.717) is 6.42 Å². The number of halogens is 1. The zero-order valence-corrected chi connectivity index (χ0v) is 12.8. The SMILES string of the molecule is OC(Cc1sccc1Br)c1cc2sccc2s1. The first-order chi connectivity index (χ1) is 8.24. The van der Waals surface area contributed by atoms with E-state index in [0.717, 1.165) is 9.35 Å². The summed E-state index contributed by atoms with van der Waals surface area (Å²) in [5.74, 6) is 0. The van der Waals surface area contributed by atoms with Gasteiger partial charge in [-0.1, -0.05) is 0 Å². The van der Waals surface area contributed by atoms with E-state index in [2.05, 4.69) is 33.4 Å². The number of hydrogen-bond acceptors (Lipinski definition) is 4. The van der Waals surface area contributed by atoms with Crippen LogP contribution in [0.2, 0.25) is 0 Å². The third-order valence-electron chi connectivity index (χ3n) is 2.56. The Morgan fingerprint density at radius 3 is 2.71 bits per heavy atom. The molecule has 0 aliphatic carbocycles. The van der Waals surface area contributed by atoms with Crippen molar-refractivity contribution < 1.29 is 5.11 Å². The van der Waals surface area contributed by atoms with Gasteiger partial charge in [-0.2, -0.15) is 0 Å². The van der Waals surface area contributed by atoms with Crippen LogP contribution in [0.25, 0.3) is 9.40 Å². The standard InChI is InChI=1S/C12H9BrOS3/c13-7-1-3-15-10(7)5-8(14)11-6-12-9(17-11)2-4-16-12/h1-4,6,8,14H,5H2. The minimum atomic E-state index is -0.394. The fraction of sp³-hybridized carbons (Fsp3) is 0.167. The lowest BCUT2D eigenvalue weighted by Crippen LogP contribution is -1.97. The summed E-state index contributed by atoms with van der Waals surface area (Å²) in [5, 5.41) is 14.4. The largest absolute Gasteiger partial charge is 0.387 e. The van der Waals surface area contributed by atoms with Crippen molar-refractivity contribution in [2.75, 3.05) is 0 Å². The summed E-state index contributed by atoms with van der Waals surface area (Å²) in [5.41, 5.74) is 0. The molecule has 3 heterocycles. The second kappa shape index (κ2) is 4.82. The Morgan fingerprint density at radius 2 is 2.00 bits per heavy atom. The predicted molar refractivity (Wildman–Crippen MR) is 80.4 cm³/mol. The minimum Gasteiger partial charge on any atom is -0.387 e. The first-order valence-corrected chi connectivity index (χ1v) is 8.48. The maximum atomic E-state index is 10.2. The van der Waals surface area contributed by atoms with Gasteiger partial charge < -0.3 is 5.11 Å². The van der Waals surface area contributed by atoms with Crippen molar-refractivity contribution in [3.63, 3.8) is 0 Å². The van der Waals surface area contributed by atoms with Crippen molar-refractivity contribution in [1.29, 1.82) is 0 Å². The fourth-order valence-electron chi connectivity index (χ4n) is 1.70. The van der Waals surface area contributed by atoms with Gasteiger partial charge in [0.05, 0.1) is 6.10 Å². The zero-order chi connectivity index (χ0) is 11.8. The van der Waals surface area contributed by atoms with Crippen LogP contribution in [-0.2, 0) is 6.42 Å². The number of rotatable bonds is 3. The smallest absolute Gasteiger partial charge is 0.0931 e. The molecule has 0 amide bonds. The summed E-state index contributed by atoms with van der Waals surface area (Å²) >= 11 is 8.60. The van der Waals surface area contributed by atoms with E-state index >= 15 is 0 Å². The lowest BCUT2D eigenvalue weighted by Gasteiger charge is -2.06. The van der Waals surface area contributed by atoms with Crippen molar-refractivity contribution in [2.45, 2.75) is 12.5 Å². The Balaban J connectivity index is 1.84. The molecule has 0 spiro atoms. The molecule has 3 aromatic rings. The van der Waals surface area contributed by atoms with Gasteiger partial charge in [0, 0.05) is 30.0 Å². The molecule has 0 saturated heterocycles. The normalized spacial score (nSPS) is 13.3. The van der Waals surface area contributed by atoms with Crippen LogP contribution in [0.15, 0.2) is 33.4 Å². The molecule has 88 valence electrons. The van der Waals surface area contributed by atoms with Crippen LogP contribution in [0.5, 0.6) is 0 Å². The molecule has 0 saturated carbocycles.